The molecular weight excluding hydrogens is 186 g/mol. The smallest absolute Gasteiger partial charge is 0.353 e. The van der Waals surface area contributed by atoms with Gasteiger partial charge in [-0.1, -0.05) is 0 Å². The maximum Gasteiger partial charge on any atom is 0.353 e. The van der Waals surface area contributed by atoms with Gasteiger partial charge in [0.05, 0.1) is 13.2 Å². The predicted octanol–water partition coefficient (Wildman–Crippen LogP) is -1.35. The second-order valence-electron chi connectivity index (χ2n) is 2.65. The number of nitrogen functional groups attached to an aromatic ring is 1. The first kappa shape index (κ1) is 10.4. The van der Waals surface area contributed by atoms with Gasteiger partial charge < -0.3 is 15.9 Å². The first-order valence-corrected chi connectivity index (χ1v) is 3.93. The Morgan fingerprint density at radius 1 is 1.57 bits per heavy atom. The first-order valence-electron chi connectivity index (χ1n) is 3.93. The van der Waals surface area contributed by atoms with Crippen LogP contribution in [-0.2, 0) is 0 Å². The number of anilines is 1. The summed E-state index contributed by atoms with van der Waals surface area (Å²) in [5.74, 6) is 0.134. The van der Waals surface area contributed by atoms with Gasteiger partial charge in [0, 0.05) is 12.4 Å². The molecule has 4 N–H and O–H groups in total. The average Bonchev–Trinajstić information content (AvgIpc) is 2.17. The summed E-state index contributed by atoms with van der Waals surface area (Å²) in [4.78, 5) is 14.6. The summed E-state index contributed by atoms with van der Waals surface area (Å²) < 4.78 is 1.14. The molecule has 0 aliphatic rings. The van der Waals surface area contributed by atoms with Crippen LogP contribution < -0.4 is 11.4 Å². The molecule has 1 rings (SSSR count). The maximum absolute atomic E-state index is 11.2. The minimum atomic E-state index is -0.551. The van der Waals surface area contributed by atoms with Crippen molar-refractivity contribution in [2.24, 2.45) is 0 Å². The van der Waals surface area contributed by atoms with E-state index in [1.165, 1.54) is 18.5 Å². The number of aliphatic hydroxyl groups is 2. The van der Waals surface area contributed by atoms with Gasteiger partial charge in [0.15, 0.2) is 0 Å². The minimum absolute atomic E-state index is 0.134. The van der Waals surface area contributed by atoms with Crippen LogP contribution in [0.25, 0.3) is 6.20 Å². The summed E-state index contributed by atoms with van der Waals surface area (Å²) in [6.07, 6.45) is 2.73. The molecule has 0 amide bonds. The number of aliphatic hydroxyl groups excluding tert-OH is 2. The number of nitrogens with two attached hydrogens (primary N) is 1. The van der Waals surface area contributed by atoms with Crippen molar-refractivity contribution in [1.29, 1.82) is 0 Å². The van der Waals surface area contributed by atoms with Crippen molar-refractivity contribution in [3.8, 4) is 0 Å². The van der Waals surface area contributed by atoms with Gasteiger partial charge in [-0.05, 0) is 11.6 Å². The molecule has 0 aromatic carbocycles. The standard InChI is InChI=1S/C8H11N3O3/c9-7-1-2-11(8(14)10-7)3-6(4-12)5-13/h1-3,12-13H,4-5H2,(H2,9,10,14). The van der Waals surface area contributed by atoms with Crippen molar-refractivity contribution in [1.82, 2.24) is 9.55 Å². The van der Waals surface area contributed by atoms with E-state index in [-0.39, 0.29) is 19.0 Å². The summed E-state index contributed by atoms with van der Waals surface area (Å²) in [6, 6.07) is 1.45. The molecule has 0 spiro atoms. The molecule has 0 unspecified atom stereocenters. The van der Waals surface area contributed by atoms with Crippen LogP contribution in [0.1, 0.15) is 0 Å². The molecule has 6 heteroatoms. The zero-order chi connectivity index (χ0) is 10.6. The Hall–Kier alpha value is -1.66. The highest BCUT2D eigenvalue weighted by Crippen LogP contribution is 1.95. The van der Waals surface area contributed by atoms with Crippen LogP contribution >= 0.6 is 0 Å². The lowest BCUT2D eigenvalue weighted by molar-refractivity contribution is 0.277. The van der Waals surface area contributed by atoms with Gasteiger partial charge in [-0.3, -0.25) is 4.57 Å². The van der Waals surface area contributed by atoms with Crippen molar-refractivity contribution in [2.45, 2.75) is 0 Å². The molecule has 0 fully saturated rings. The maximum atomic E-state index is 11.2. The minimum Gasteiger partial charge on any atom is -0.392 e. The monoisotopic (exact) mass is 197 g/mol. The van der Waals surface area contributed by atoms with Gasteiger partial charge in [-0.25, -0.2) is 4.79 Å². The van der Waals surface area contributed by atoms with Crippen molar-refractivity contribution >= 4 is 12.0 Å². The van der Waals surface area contributed by atoms with E-state index in [9.17, 15) is 4.79 Å². The molecule has 0 radical (unpaired) electrons. The number of rotatable bonds is 3. The fourth-order valence-corrected chi connectivity index (χ4v) is 0.852. The fourth-order valence-electron chi connectivity index (χ4n) is 0.852. The molecular formula is C8H11N3O3. The Labute approximate surface area is 79.9 Å². The number of hydrogen-bond acceptors (Lipinski definition) is 5. The molecule has 0 saturated heterocycles. The lowest BCUT2D eigenvalue weighted by atomic mass is 10.3. The van der Waals surface area contributed by atoms with Gasteiger partial charge in [0.1, 0.15) is 5.82 Å². The third-order valence-electron chi connectivity index (χ3n) is 1.58. The molecule has 14 heavy (non-hydrogen) atoms. The van der Waals surface area contributed by atoms with Gasteiger partial charge in [0.2, 0.25) is 0 Å². The summed E-state index contributed by atoms with van der Waals surface area (Å²) in [5, 5.41) is 17.5. The van der Waals surface area contributed by atoms with Gasteiger partial charge >= 0.3 is 5.69 Å². The largest absolute Gasteiger partial charge is 0.392 e. The van der Waals surface area contributed by atoms with Crippen molar-refractivity contribution in [2.75, 3.05) is 18.9 Å². The zero-order valence-electron chi connectivity index (χ0n) is 7.42. The summed E-state index contributed by atoms with van der Waals surface area (Å²) in [6.45, 7) is -0.624. The Kier molecular flexibility index (Phi) is 3.38. The van der Waals surface area contributed by atoms with Gasteiger partial charge in [0.25, 0.3) is 0 Å². The summed E-state index contributed by atoms with van der Waals surface area (Å²) >= 11 is 0. The SMILES string of the molecule is Nc1ccn(C=C(CO)CO)c(=O)n1. The molecule has 0 atom stereocenters. The summed E-state index contributed by atoms with van der Waals surface area (Å²) in [7, 11) is 0. The van der Waals surface area contributed by atoms with Crippen LogP contribution in [0.5, 0.6) is 0 Å². The van der Waals surface area contributed by atoms with Crippen LogP contribution in [-0.4, -0.2) is 33.0 Å². The van der Waals surface area contributed by atoms with Crippen LogP contribution in [0, 0.1) is 0 Å². The lowest BCUT2D eigenvalue weighted by Crippen LogP contribution is -2.20. The Morgan fingerprint density at radius 3 is 2.71 bits per heavy atom. The molecule has 1 aromatic rings. The summed E-state index contributed by atoms with van der Waals surface area (Å²) in [5.41, 5.74) is 5.05. The van der Waals surface area contributed by atoms with Gasteiger partial charge in [-0.2, -0.15) is 4.98 Å². The zero-order valence-corrected chi connectivity index (χ0v) is 7.42. The molecule has 76 valence electrons. The van der Waals surface area contributed by atoms with Crippen molar-refractivity contribution < 1.29 is 10.2 Å². The van der Waals surface area contributed by atoms with E-state index < -0.39 is 5.69 Å². The van der Waals surface area contributed by atoms with Crippen LogP contribution in [0.2, 0.25) is 0 Å². The van der Waals surface area contributed by atoms with Crippen molar-refractivity contribution in [3.05, 3.63) is 28.3 Å². The molecule has 0 aliphatic heterocycles. The van der Waals surface area contributed by atoms with Crippen LogP contribution in [0.3, 0.4) is 0 Å². The quantitative estimate of drug-likeness (QED) is 0.556. The second-order valence-corrected chi connectivity index (χ2v) is 2.65. The second kappa shape index (κ2) is 4.54. The highest BCUT2D eigenvalue weighted by molar-refractivity contribution is 5.33. The van der Waals surface area contributed by atoms with E-state index in [2.05, 4.69) is 4.98 Å². The molecule has 1 aromatic heterocycles. The highest BCUT2D eigenvalue weighted by atomic mass is 16.3. The Balaban J connectivity index is 3.08. The van der Waals surface area contributed by atoms with E-state index >= 15 is 0 Å². The van der Waals surface area contributed by atoms with E-state index in [0.29, 0.717) is 5.57 Å². The van der Waals surface area contributed by atoms with E-state index in [0.717, 1.165) is 4.57 Å². The molecule has 0 bridgehead atoms. The van der Waals surface area contributed by atoms with Crippen molar-refractivity contribution in [3.63, 3.8) is 0 Å². The number of aromatic nitrogens is 2. The third kappa shape index (κ3) is 2.41. The molecule has 1 heterocycles. The van der Waals surface area contributed by atoms with E-state index in [4.69, 9.17) is 15.9 Å². The predicted molar refractivity (Wildman–Crippen MR) is 51.4 cm³/mol. The first-order chi connectivity index (χ1) is 6.67. The molecule has 0 aliphatic carbocycles. The van der Waals surface area contributed by atoms with E-state index in [1.807, 2.05) is 0 Å². The lowest BCUT2D eigenvalue weighted by Gasteiger charge is -2.01. The average molecular weight is 197 g/mol. The third-order valence-corrected chi connectivity index (χ3v) is 1.58. The van der Waals surface area contributed by atoms with E-state index in [1.54, 1.807) is 0 Å². The van der Waals surface area contributed by atoms with Crippen LogP contribution in [0.15, 0.2) is 22.6 Å². The Morgan fingerprint density at radius 2 is 2.21 bits per heavy atom. The molecule has 6 nitrogen and oxygen atoms in total. The Bertz CT molecular complexity index is 391. The van der Waals surface area contributed by atoms with Gasteiger partial charge in [-0.15, -0.1) is 0 Å². The normalized spacial score (nSPS) is 9.86. The van der Waals surface area contributed by atoms with Crippen LogP contribution in [0.4, 0.5) is 5.82 Å². The fraction of sp³-hybridized carbons (Fsp3) is 0.250. The number of nitrogens with zero attached hydrogens (tertiary/aromatic N) is 2. The topological polar surface area (TPSA) is 101 Å². The molecule has 0 saturated carbocycles. The number of hydrogen-bond donors (Lipinski definition) is 3. The highest BCUT2D eigenvalue weighted by Gasteiger charge is 1.97.